The van der Waals surface area contributed by atoms with Crippen LogP contribution in [0.3, 0.4) is 0 Å². The highest BCUT2D eigenvalue weighted by Gasteiger charge is 2.21. The average molecular weight is 383 g/mol. The fourth-order valence-electron chi connectivity index (χ4n) is 2.83. The van der Waals surface area contributed by atoms with Gasteiger partial charge in [0.25, 0.3) is 0 Å². The van der Waals surface area contributed by atoms with Gasteiger partial charge in [-0.3, -0.25) is 0 Å². The summed E-state index contributed by atoms with van der Waals surface area (Å²) in [4.78, 5) is 18.6. The van der Waals surface area contributed by atoms with Gasteiger partial charge in [-0.05, 0) is 57.7 Å². The summed E-state index contributed by atoms with van der Waals surface area (Å²) in [6.45, 7) is 7.18. The van der Waals surface area contributed by atoms with Gasteiger partial charge in [0, 0.05) is 42.9 Å². The molecular weight excluding hydrogens is 356 g/mol. The lowest BCUT2D eigenvalue weighted by Gasteiger charge is -2.36. The number of halogens is 1. The second kappa shape index (κ2) is 8.55. The molecule has 0 saturated carbocycles. The van der Waals surface area contributed by atoms with Crippen LogP contribution in [0.25, 0.3) is 0 Å². The van der Waals surface area contributed by atoms with Gasteiger partial charge in [-0.25, -0.2) is 4.79 Å². The van der Waals surface area contributed by atoms with Gasteiger partial charge in [-0.1, -0.05) is 15.9 Å². The minimum absolute atomic E-state index is 0.0657. The molecule has 0 spiro atoms. The number of nitrogens with zero attached hydrogens (tertiary/aromatic N) is 3. The third-order valence-electron chi connectivity index (χ3n) is 4.12. The molecule has 0 unspecified atom stereocenters. The molecular formula is C17H27BrN4O. The van der Waals surface area contributed by atoms with Crippen molar-refractivity contribution in [2.45, 2.75) is 13.3 Å². The largest absolute Gasteiger partial charge is 0.368 e. The predicted molar refractivity (Wildman–Crippen MR) is 99.2 cm³/mol. The van der Waals surface area contributed by atoms with Crippen molar-refractivity contribution in [1.82, 2.24) is 15.1 Å². The van der Waals surface area contributed by atoms with Crippen molar-refractivity contribution >= 4 is 27.6 Å². The molecule has 0 atom stereocenters. The third-order valence-corrected chi connectivity index (χ3v) is 4.62. The summed E-state index contributed by atoms with van der Waals surface area (Å²) in [5, 5.41) is 3.02. The Bertz CT molecular complexity index is 527. The van der Waals surface area contributed by atoms with Crippen LogP contribution in [0, 0.1) is 6.92 Å². The van der Waals surface area contributed by atoms with Gasteiger partial charge < -0.3 is 20.0 Å². The molecule has 1 fully saturated rings. The van der Waals surface area contributed by atoms with Gasteiger partial charge in [-0.2, -0.15) is 0 Å². The van der Waals surface area contributed by atoms with E-state index in [4.69, 9.17) is 0 Å². The number of carbonyl (C=O) groups is 1. The maximum Gasteiger partial charge on any atom is 0.317 e. The number of benzene rings is 1. The molecule has 128 valence electrons. The summed E-state index contributed by atoms with van der Waals surface area (Å²) in [7, 11) is 4.09. The van der Waals surface area contributed by atoms with E-state index in [0.29, 0.717) is 0 Å². The Morgan fingerprint density at radius 2 is 1.96 bits per heavy atom. The van der Waals surface area contributed by atoms with Crippen LogP contribution < -0.4 is 10.2 Å². The number of amides is 2. The molecule has 0 aliphatic carbocycles. The molecule has 23 heavy (non-hydrogen) atoms. The van der Waals surface area contributed by atoms with Crippen molar-refractivity contribution in [1.29, 1.82) is 0 Å². The van der Waals surface area contributed by atoms with Gasteiger partial charge in [0.2, 0.25) is 0 Å². The first kappa shape index (κ1) is 18.1. The monoisotopic (exact) mass is 382 g/mol. The number of anilines is 1. The lowest BCUT2D eigenvalue weighted by atomic mass is 10.1. The highest BCUT2D eigenvalue weighted by Crippen LogP contribution is 2.24. The molecule has 0 radical (unpaired) electrons. The Morgan fingerprint density at radius 3 is 2.57 bits per heavy atom. The van der Waals surface area contributed by atoms with Crippen LogP contribution in [0.15, 0.2) is 22.7 Å². The van der Waals surface area contributed by atoms with Gasteiger partial charge >= 0.3 is 6.03 Å². The highest BCUT2D eigenvalue weighted by atomic mass is 79.9. The van der Waals surface area contributed by atoms with E-state index >= 15 is 0 Å². The second-order valence-electron chi connectivity index (χ2n) is 6.29. The zero-order valence-electron chi connectivity index (χ0n) is 14.3. The molecule has 0 bridgehead atoms. The van der Waals surface area contributed by atoms with E-state index in [1.807, 2.05) is 19.0 Å². The van der Waals surface area contributed by atoms with E-state index in [0.717, 1.165) is 50.2 Å². The van der Waals surface area contributed by atoms with E-state index in [2.05, 4.69) is 56.2 Å². The summed E-state index contributed by atoms with van der Waals surface area (Å²) in [5.74, 6) is 0. The molecule has 1 aliphatic rings. The second-order valence-corrected chi connectivity index (χ2v) is 7.21. The number of hydrogen-bond acceptors (Lipinski definition) is 3. The van der Waals surface area contributed by atoms with Gasteiger partial charge in [0.15, 0.2) is 0 Å². The van der Waals surface area contributed by atoms with E-state index in [1.54, 1.807) is 0 Å². The highest BCUT2D eigenvalue weighted by molar-refractivity contribution is 9.10. The van der Waals surface area contributed by atoms with E-state index in [-0.39, 0.29) is 6.03 Å². The minimum atomic E-state index is 0.0657. The predicted octanol–water partition coefficient (Wildman–Crippen LogP) is 2.54. The van der Waals surface area contributed by atoms with Crippen molar-refractivity contribution in [2.24, 2.45) is 0 Å². The number of rotatable bonds is 5. The zero-order chi connectivity index (χ0) is 16.8. The molecule has 1 aliphatic heterocycles. The van der Waals surface area contributed by atoms with Gasteiger partial charge in [-0.15, -0.1) is 0 Å². The van der Waals surface area contributed by atoms with Crippen molar-refractivity contribution in [3.05, 3.63) is 28.2 Å². The molecule has 6 heteroatoms. The van der Waals surface area contributed by atoms with Crippen molar-refractivity contribution < 1.29 is 4.79 Å². The first-order valence-electron chi connectivity index (χ1n) is 8.16. The Morgan fingerprint density at radius 1 is 1.26 bits per heavy atom. The van der Waals surface area contributed by atoms with Gasteiger partial charge in [0.05, 0.1) is 0 Å². The quantitative estimate of drug-likeness (QED) is 0.795. The fourth-order valence-corrected chi connectivity index (χ4v) is 3.30. The molecule has 2 amide bonds. The number of aryl methyl sites for hydroxylation is 1. The minimum Gasteiger partial charge on any atom is -0.368 e. The van der Waals surface area contributed by atoms with E-state index < -0.39 is 0 Å². The first-order valence-corrected chi connectivity index (χ1v) is 8.95. The SMILES string of the molecule is Cc1cc(Br)ccc1N1CCN(C(=O)NCCCN(C)C)CC1. The van der Waals surface area contributed by atoms with Crippen LogP contribution in [0.2, 0.25) is 0 Å². The van der Waals surface area contributed by atoms with Crippen LogP contribution >= 0.6 is 15.9 Å². The lowest BCUT2D eigenvalue weighted by Crippen LogP contribution is -2.52. The normalized spacial score (nSPS) is 15.2. The van der Waals surface area contributed by atoms with Crippen LogP contribution in [0.1, 0.15) is 12.0 Å². The van der Waals surface area contributed by atoms with Crippen LogP contribution in [0.5, 0.6) is 0 Å². The van der Waals surface area contributed by atoms with Gasteiger partial charge in [0.1, 0.15) is 0 Å². The zero-order valence-corrected chi connectivity index (χ0v) is 15.9. The van der Waals surface area contributed by atoms with E-state index in [9.17, 15) is 4.79 Å². The summed E-state index contributed by atoms with van der Waals surface area (Å²) >= 11 is 3.51. The molecule has 1 N–H and O–H groups in total. The smallest absolute Gasteiger partial charge is 0.317 e. The van der Waals surface area contributed by atoms with Crippen molar-refractivity contribution in [2.75, 3.05) is 58.3 Å². The topological polar surface area (TPSA) is 38.8 Å². The summed E-state index contributed by atoms with van der Waals surface area (Å²) in [5.41, 5.74) is 2.53. The van der Waals surface area contributed by atoms with Crippen LogP contribution in [0.4, 0.5) is 10.5 Å². The first-order chi connectivity index (χ1) is 11.0. The molecule has 1 heterocycles. The van der Waals surface area contributed by atoms with Crippen LogP contribution in [-0.2, 0) is 0 Å². The Balaban J connectivity index is 1.78. The number of piperazine rings is 1. The fraction of sp³-hybridized carbons (Fsp3) is 0.588. The van der Waals surface area contributed by atoms with Crippen molar-refractivity contribution in [3.63, 3.8) is 0 Å². The molecule has 5 nitrogen and oxygen atoms in total. The standard InChI is InChI=1S/C17H27BrN4O/c1-14-13-15(18)5-6-16(14)21-9-11-22(12-10-21)17(23)19-7-4-8-20(2)3/h5-6,13H,4,7-12H2,1-3H3,(H,19,23). The maximum absolute atomic E-state index is 12.2. The number of nitrogens with one attached hydrogen (secondary N) is 1. The Hall–Kier alpha value is -1.27. The summed E-state index contributed by atoms with van der Waals surface area (Å²) < 4.78 is 1.11. The third kappa shape index (κ3) is 5.39. The molecule has 1 aromatic carbocycles. The maximum atomic E-state index is 12.2. The number of urea groups is 1. The number of carbonyl (C=O) groups excluding carboxylic acids is 1. The lowest BCUT2D eigenvalue weighted by molar-refractivity contribution is 0.194. The Labute approximate surface area is 147 Å². The van der Waals surface area contributed by atoms with Crippen LogP contribution in [-0.4, -0.2) is 69.2 Å². The molecule has 1 saturated heterocycles. The van der Waals surface area contributed by atoms with E-state index in [1.165, 1.54) is 11.3 Å². The number of hydrogen-bond donors (Lipinski definition) is 1. The molecule has 1 aromatic rings. The average Bonchev–Trinajstić information content (AvgIpc) is 2.51. The molecule has 2 rings (SSSR count). The molecule has 0 aromatic heterocycles. The van der Waals surface area contributed by atoms with Crippen molar-refractivity contribution in [3.8, 4) is 0 Å². The Kier molecular flexibility index (Phi) is 6.72. The summed E-state index contributed by atoms with van der Waals surface area (Å²) in [6, 6.07) is 6.43. The summed E-state index contributed by atoms with van der Waals surface area (Å²) in [6.07, 6.45) is 0.983.